The molecule has 186 valence electrons. The summed E-state index contributed by atoms with van der Waals surface area (Å²) in [5, 5.41) is 15.3. The van der Waals surface area contributed by atoms with Crippen LogP contribution < -0.4 is 10.6 Å². The van der Waals surface area contributed by atoms with Crippen LogP contribution in [-0.2, 0) is 14.3 Å². The first-order chi connectivity index (χ1) is 16.7. The third-order valence-electron chi connectivity index (χ3n) is 7.48. The van der Waals surface area contributed by atoms with Crippen molar-refractivity contribution >= 4 is 18.0 Å². The van der Waals surface area contributed by atoms with Gasteiger partial charge in [0.25, 0.3) is 0 Å². The maximum absolute atomic E-state index is 12.8. The molecule has 0 spiro atoms. The Kier molecular flexibility index (Phi) is 7.15. The minimum atomic E-state index is -0.917. The van der Waals surface area contributed by atoms with E-state index in [0.717, 1.165) is 41.5 Å². The van der Waals surface area contributed by atoms with Crippen LogP contribution in [0, 0.1) is 10.8 Å². The van der Waals surface area contributed by atoms with E-state index in [1.165, 1.54) is 0 Å². The highest BCUT2D eigenvalue weighted by molar-refractivity contribution is 5.84. The van der Waals surface area contributed by atoms with Gasteiger partial charge in [-0.05, 0) is 48.9 Å². The molecule has 2 aliphatic carbocycles. The molecule has 2 aliphatic rings. The quantitative estimate of drug-likeness (QED) is 0.510. The molecule has 2 aromatic carbocycles. The largest absolute Gasteiger partial charge is 0.481 e. The van der Waals surface area contributed by atoms with Gasteiger partial charge in [0.15, 0.2) is 0 Å². The Balaban J connectivity index is 1.30. The van der Waals surface area contributed by atoms with Crippen molar-refractivity contribution in [3.63, 3.8) is 0 Å². The summed E-state index contributed by atoms with van der Waals surface area (Å²) in [6.07, 6.45) is 3.30. The van der Waals surface area contributed by atoms with Gasteiger partial charge in [0.05, 0.1) is 10.8 Å². The zero-order chi connectivity index (χ0) is 25.1. The van der Waals surface area contributed by atoms with E-state index in [0.29, 0.717) is 12.8 Å². The first-order valence-electron chi connectivity index (χ1n) is 12.3. The van der Waals surface area contributed by atoms with E-state index in [2.05, 4.69) is 34.9 Å². The Morgan fingerprint density at radius 1 is 0.943 bits per heavy atom. The predicted molar refractivity (Wildman–Crippen MR) is 133 cm³/mol. The lowest BCUT2D eigenvalue weighted by Gasteiger charge is -2.34. The summed E-state index contributed by atoms with van der Waals surface area (Å²) in [5.74, 6) is -1.18. The molecule has 0 unspecified atom stereocenters. The zero-order valence-corrected chi connectivity index (χ0v) is 20.4. The normalized spacial score (nSPS) is 16.6. The van der Waals surface area contributed by atoms with Crippen LogP contribution in [0.25, 0.3) is 11.1 Å². The summed E-state index contributed by atoms with van der Waals surface area (Å²) in [5.41, 5.74) is 2.77. The molecule has 1 fully saturated rings. The number of fused-ring (bicyclic) bond motifs is 3. The fourth-order valence-electron chi connectivity index (χ4n) is 5.21. The topological polar surface area (TPSA) is 105 Å². The minimum absolute atomic E-state index is 0.0350. The van der Waals surface area contributed by atoms with Crippen LogP contribution in [0.15, 0.2) is 48.5 Å². The number of rotatable bonds is 8. The monoisotopic (exact) mass is 478 g/mol. The summed E-state index contributed by atoms with van der Waals surface area (Å²) in [6.45, 7) is 3.83. The fourth-order valence-corrected chi connectivity index (χ4v) is 5.21. The number of hydrogen-bond donors (Lipinski definition) is 3. The van der Waals surface area contributed by atoms with Gasteiger partial charge in [0.2, 0.25) is 5.91 Å². The number of carboxylic acid groups (broad SMARTS) is 1. The van der Waals surface area contributed by atoms with Crippen molar-refractivity contribution in [3.05, 3.63) is 59.7 Å². The van der Waals surface area contributed by atoms with Gasteiger partial charge in [-0.3, -0.25) is 9.59 Å². The average molecular weight is 479 g/mol. The number of ether oxygens (including phenoxy) is 1. The number of amides is 2. The third-order valence-corrected chi connectivity index (χ3v) is 7.48. The molecule has 0 bridgehead atoms. The molecule has 2 amide bonds. The number of nitrogens with one attached hydrogen (secondary N) is 2. The van der Waals surface area contributed by atoms with Gasteiger partial charge in [-0.15, -0.1) is 0 Å². The van der Waals surface area contributed by atoms with Crippen LogP contribution >= 0.6 is 0 Å². The number of aliphatic carboxylic acids is 1. The van der Waals surface area contributed by atoms with E-state index in [4.69, 9.17) is 4.74 Å². The van der Waals surface area contributed by atoms with Crippen molar-refractivity contribution in [2.75, 3.05) is 19.7 Å². The van der Waals surface area contributed by atoms with Gasteiger partial charge in [0.1, 0.15) is 6.61 Å². The van der Waals surface area contributed by atoms with E-state index >= 15 is 0 Å². The summed E-state index contributed by atoms with van der Waals surface area (Å²) < 4.78 is 5.56. The lowest BCUT2D eigenvalue weighted by molar-refractivity contribution is -0.151. The van der Waals surface area contributed by atoms with Crippen molar-refractivity contribution in [2.45, 2.75) is 51.9 Å². The van der Waals surface area contributed by atoms with Crippen molar-refractivity contribution in [1.29, 1.82) is 0 Å². The maximum atomic E-state index is 12.8. The first-order valence-corrected chi connectivity index (χ1v) is 12.3. The van der Waals surface area contributed by atoms with Crippen molar-refractivity contribution in [3.8, 4) is 11.1 Å². The molecule has 0 aromatic heterocycles. The molecule has 0 saturated heterocycles. The number of hydrogen-bond acceptors (Lipinski definition) is 4. The summed E-state index contributed by atoms with van der Waals surface area (Å²) in [6, 6.07) is 16.3. The smallest absolute Gasteiger partial charge is 0.407 e. The predicted octanol–water partition coefficient (Wildman–Crippen LogP) is 4.70. The number of alkyl carbamates (subject to hydrolysis) is 1. The molecule has 2 aromatic rings. The van der Waals surface area contributed by atoms with Crippen LogP contribution in [0.4, 0.5) is 4.79 Å². The Morgan fingerprint density at radius 2 is 1.51 bits per heavy atom. The maximum Gasteiger partial charge on any atom is 0.407 e. The highest BCUT2D eigenvalue weighted by atomic mass is 16.5. The van der Waals surface area contributed by atoms with Crippen LogP contribution in [0.5, 0.6) is 0 Å². The van der Waals surface area contributed by atoms with E-state index in [9.17, 15) is 19.5 Å². The Morgan fingerprint density at radius 3 is 2.09 bits per heavy atom. The van der Waals surface area contributed by atoms with E-state index in [1.807, 2.05) is 24.3 Å². The fraction of sp³-hybridized carbons (Fsp3) is 0.464. The second kappa shape index (κ2) is 10.1. The van der Waals surface area contributed by atoms with Gasteiger partial charge in [-0.1, -0.05) is 67.8 Å². The van der Waals surface area contributed by atoms with E-state index in [-0.39, 0.29) is 31.5 Å². The van der Waals surface area contributed by atoms with E-state index < -0.39 is 22.9 Å². The van der Waals surface area contributed by atoms with Crippen LogP contribution in [-0.4, -0.2) is 42.8 Å². The number of carbonyl (C=O) groups is 3. The second-order valence-corrected chi connectivity index (χ2v) is 10.4. The molecular weight excluding hydrogens is 444 g/mol. The number of carboxylic acids is 1. The molecular formula is C28H34N2O5. The van der Waals surface area contributed by atoms with Gasteiger partial charge in [0, 0.05) is 19.0 Å². The number of carbonyl (C=O) groups excluding carboxylic acids is 2. The van der Waals surface area contributed by atoms with Gasteiger partial charge < -0.3 is 20.5 Å². The lowest BCUT2D eigenvalue weighted by atomic mass is 9.74. The number of benzene rings is 2. The summed E-state index contributed by atoms with van der Waals surface area (Å²) in [4.78, 5) is 37.2. The average Bonchev–Trinajstić information content (AvgIpc) is 3.19. The first kappa shape index (κ1) is 24.8. The summed E-state index contributed by atoms with van der Waals surface area (Å²) >= 11 is 0. The molecule has 3 N–H and O–H groups in total. The van der Waals surface area contributed by atoms with Gasteiger partial charge >= 0.3 is 12.1 Å². The highest BCUT2D eigenvalue weighted by Gasteiger charge is 2.41. The SMILES string of the molecule is CC(C)(CNC(=O)OCC1c2ccccc2-c2ccccc21)C(=O)NCC1(C(=O)O)CCCCC1. The Bertz CT molecular complexity index is 1060. The zero-order valence-electron chi connectivity index (χ0n) is 20.4. The molecule has 7 heteroatoms. The molecule has 0 aliphatic heterocycles. The molecule has 1 saturated carbocycles. The van der Waals surface area contributed by atoms with Crippen LogP contribution in [0.3, 0.4) is 0 Å². The van der Waals surface area contributed by atoms with Crippen molar-refractivity contribution in [2.24, 2.45) is 10.8 Å². The molecule has 0 heterocycles. The minimum Gasteiger partial charge on any atom is -0.481 e. The molecule has 0 atom stereocenters. The summed E-state index contributed by atoms with van der Waals surface area (Å²) in [7, 11) is 0. The third kappa shape index (κ3) is 5.19. The van der Waals surface area contributed by atoms with Crippen LogP contribution in [0.2, 0.25) is 0 Å². The van der Waals surface area contributed by atoms with Crippen LogP contribution in [0.1, 0.15) is 63.0 Å². The second-order valence-electron chi connectivity index (χ2n) is 10.4. The molecule has 0 radical (unpaired) electrons. The van der Waals surface area contributed by atoms with Crippen molar-refractivity contribution in [1.82, 2.24) is 10.6 Å². The van der Waals surface area contributed by atoms with Gasteiger partial charge in [-0.2, -0.15) is 0 Å². The molecule has 7 nitrogen and oxygen atoms in total. The molecule has 4 rings (SSSR count). The highest BCUT2D eigenvalue weighted by Crippen LogP contribution is 2.44. The van der Waals surface area contributed by atoms with Crippen molar-refractivity contribution < 1.29 is 24.2 Å². The molecule has 35 heavy (non-hydrogen) atoms. The van der Waals surface area contributed by atoms with E-state index in [1.54, 1.807) is 13.8 Å². The Hall–Kier alpha value is -3.35. The Labute approximate surface area is 206 Å². The van der Waals surface area contributed by atoms with Gasteiger partial charge in [-0.25, -0.2) is 4.79 Å². The standard InChI is InChI=1S/C28H34N2O5/c1-27(2,24(31)29-18-28(25(32)33)14-8-3-9-15-28)17-30-26(34)35-16-23-21-12-6-4-10-19(21)20-11-5-7-13-22(20)23/h4-7,10-13,23H,3,8-9,14-18H2,1-2H3,(H,29,31)(H,30,34)(H,32,33). The lowest BCUT2D eigenvalue weighted by Crippen LogP contribution is -2.50.